The van der Waals surface area contributed by atoms with E-state index in [0.29, 0.717) is 5.92 Å². The van der Waals surface area contributed by atoms with Crippen molar-refractivity contribution in [3.05, 3.63) is 133 Å². The number of benzene rings is 4. The van der Waals surface area contributed by atoms with Gasteiger partial charge in [-0.25, -0.2) is 0 Å². The van der Waals surface area contributed by atoms with E-state index in [4.69, 9.17) is 27.4 Å². The molecular weight excluding hydrogens is 689 g/mol. The Morgan fingerprint density at radius 2 is 1.37 bits per heavy atom. The van der Waals surface area contributed by atoms with E-state index in [0.717, 1.165) is 29.3 Å². The first kappa shape index (κ1) is 34.2. The molecule has 5 heteroatoms. The molecule has 43 heavy (non-hydrogen) atoms. The number of allylic oxidation sites excluding steroid dienone is 4. The van der Waals surface area contributed by atoms with Crippen molar-refractivity contribution >= 4 is 62.0 Å². The Morgan fingerprint density at radius 1 is 0.791 bits per heavy atom. The monoisotopic (exact) mass is 726 g/mol. The van der Waals surface area contributed by atoms with E-state index in [1.807, 2.05) is 12.1 Å². The number of halogens is 4. The third kappa shape index (κ3) is 5.43. The molecule has 1 unspecified atom stereocenters. The van der Waals surface area contributed by atoms with Crippen molar-refractivity contribution in [3.8, 4) is 11.1 Å². The quantitative estimate of drug-likeness (QED) is 0.163. The van der Waals surface area contributed by atoms with Gasteiger partial charge in [0.1, 0.15) is 0 Å². The molecule has 0 heterocycles. The third-order valence-corrected chi connectivity index (χ3v) is 26.3. The summed E-state index contributed by atoms with van der Waals surface area (Å²) in [6.07, 6.45) is 8.19. The summed E-state index contributed by atoms with van der Waals surface area (Å²) < 4.78 is 11.1. The van der Waals surface area contributed by atoms with E-state index >= 15 is 0 Å². The maximum atomic E-state index is 6.86. The molecule has 0 bridgehead atoms. The van der Waals surface area contributed by atoms with E-state index in [9.17, 15) is 0 Å². The van der Waals surface area contributed by atoms with Gasteiger partial charge >= 0.3 is 258 Å². The van der Waals surface area contributed by atoms with Crippen LogP contribution in [0.25, 0.3) is 11.1 Å². The van der Waals surface area contributed by atoms with Gasteiger partial charge in [0.05, 0.1) is 0 Å². The van der Waals surface area contributed by atoms with Crippen LogP contribution in [-0.2, 0) is 24.7 Å². The summed E-state index contributed by atoms with van der Waals surface area (Å²) in [6.45, 7) is 9.26. The Hall–Kier alpha value is -1.73. The second-order valence-corrected chi connectivity index (χ2v) is 26.6. The Kier molecular flexibility index (Phi) is 9.99. The zero-order valence-electron chi connectivity index (χ0n) is 25.3. The van der Waals surface area contributed by atoms with E-state index in [1.54, 1.807) is 0 Å². The summed E-state index contributed by atoms with van der Waals surface area (Å²) in [7, 11) is 0. The summed E-state index contributed by atoms with van der Waals surface area (Å²) >= 11 is 8.73. The molecule has 4 aromatic rings. The fourth-order valence-electron chi connectivity index (χ4n) is 7.52. The second kappa shape index (κ2) is 12.6. The minimum atomic E-state index is -4.99. The van der Waals surface area contributed by atoms with Crippen molar-refractivity contribution in [3.63, 3.8) is 0 Å². The number of fused-ring (bicyclic) bond motifs is 3. The molecule has 2 aliphatic carbocycles. The first-order valence-corrected chi connectivity index (χ1v) is 22.2. The van der Waals surface area contributed by atoms with Crippen LogP contribution in [0.1, 0.15) is 51.7 Å². The van der Waals surface area contributed by atoms with Crippen molar-refractivity contribution in [1.29, 1.82) is 0 Å². The molecule has 0 radical (unpaired) electrons. The van der Waals surface area contributed by atoms with Crippen molar-refractivity contribution in [2.75, 3.05) is 0 Å². The van der Waals surface area contributed by atoms with Crippen LogP contribution in [0.2, 0.25) is 10.0 Å². The van der Waals surface area contributed by atoms with Crippen LogP contribution in [-0.4, -0.2) is 4.21 Å². The van der Waals surface area contributed by atoms with Gasteiger partial charge in [-0.2, -0.15) is 0 Å². The van der Waals surface area contributed by atoms with E-state index in [2.05, 4.69) is 119 Å². The van der Waals surface area contributed by atoms with Gasteiger partial charge in [-0.1, -0.05) is 0 Å². The van der Waals surface area contributed by atoms with E-state index < -0.39 is 18.3 Å². The molecule has 0 saturated carbocycles. The molecule has 224 valence electrons. The molecule has 0 spiro atoms. The van der Waals surface area contributed by atoms with Gasteiger partial charge in [-0.3, -0.25) is 0 Å². The fraction of sp³-hybridized carbons (Fsp3) is 0.237. The topological polar surface area (TPSA) is 0 Å². The predicted molar refractivity (Wildman–Crippen MR) is 192 cm³/mol. The zero-order valence-corrected chi connectivity index (χ0v) is 30.9. The van der Waals surface area contributed by atoms with Gasteiger partial charge in [-0.15, -0.1) is 24.8 Å². The van der Waals surface area contributed by atoms with Crippen molar-refractivity contribution in [2.24, 2.45) is 11.3 Å². The van der Waals surface area contributed by atoms with E-state index in [-0.39, 0.29) is 30.2 Å². The summed E-state index contributed by atoms with van der Waals surface area (Å²) in [4.78, 5) is 0. The van der Waals surface area contributed by atoms with Gasteiger partial charge in [0.25, 0.3) is 0 Å². The molecule has 1 atom stereocenters. The van der Waals surface area contributed by atoms with Crippen LogP contribution in [0.3, 0.4) is 0 Å². The number of hydrogen-bond donors (Lipinski definition) is 0. The fourth-order valence-corrected chi connectivity index (χ4v) is 24.8. The van der Waals surface area contributed by atoms with Gasteiger partial charge in [0.15, 0.2) is 0 Å². The predicted octanol–water partition coefficient (Wildman–Crippen LogP) is 10.1. The molecule has 0 fully saturated rings. The van der Waals surface area contributed by atoms with E-state index in [1.165, 1.54) is 40.9 Å². The zero-order chi connectivity index (χ0) is 29.0. The average Bonchev–Trinajstić information content (AvgIpc) is 3.55. The first-order chi connectivity index (χ1) is 19.6. The van der Waals surface area contributed by atoms with Crippen LogP contribution < -0.4 is 9.81 Å². The molecule has 6 rings (SSSR count). The van der Waals surface area contributed by atoms with Crippen LogP contribution in [0.4, 0.5) is 0 Å². The van der Waals surface area contributed by atoms with Gasteiger partial charge in [0, 0.05) is 0 Å². The number of rotatable bonds is 6. The van der Waals surface area contributed by atoms with Crippen molar-refractivity contribution < 1.29 is 18.3 Å². The molecule has 4 aromatic carbocycles. The number of hydrogen-bond acceptors (Lipinski definition) is 0. The van der Waals surface area contributed by atoms with Crippen molar-refractivity contribution in [1.82, 2.24) is 0 Å². The molecule has 0 aliphatic heterocycles. The van der Waals surface area contributed by atoms with Gasteiger partial charge < -0.3 is 0 Å². The van der Waals surface area contributed by atoms with Crippen LogP contribution in [0.5, 0.6) is 0 Å². The summed E-state index contributed by atoms with van der Waals surface area (Å²) in [6, 6.07) is 33.0. The standard InChI is InChI=1S/C13H9.C12H19.2C6H4Cl.CH2.2ClH.Zr/c1-3-7-12-10(5-1)9-11-6-2-4-8-13(11)12;1-5-6-10-7-8-11(9-10)12(2,3)4;2*7-6-4-2-1-3-5-6;;;;/h1-5,7-8H,9H2;8-10H,5-6H2,1-4H3;2*1-2,4-5H;1H2;2*1H;. The minimum absolute atomic E-state index is 0. The molecular formula is C38H40Cl4Zr. The molecule has 2 aliphatic rings. The maximum absolute atomic E-state index is 6.86. The Bertz CT molecular complexity index is 1760. The van der Waals surface area contributed by atoms with Crippen LogP contribution in [0, 0.1) is 11.3 Å². The first-order valence-electron chi connectivity index (χ1n) is 14.8. The van der Waals surface area contributed by atoms with Crippen molar-refractivity contribution in [2.45, 2.75) is 47.0 Å². The third-order valence-electron chi connectivity index (χ3n) is 9.56. The van der Waals surface area contributed by atoms with Crippen LogP contribution in [0.15, 0.2) is 112 Å². The molecule has 0 nitrogen and oxygen atoms in total. The van der Waals surface area contributed by atoms with Crippen LogP contribution >= 0.6 is 48.0 Å². The second-order valence-electron chi connectivity index (χ2n) is 13.0. The molecule has 0 amide bonds. The molecule has 0 saturated heterocycles. The Morgan fingerprint density at radius 3 is 1.95 bits per heavy atom. The summed E-state index contributed by atoms with van der Waals surface area (Å²) in [5, 5.41) is 1.50. The molecule has 0 N–H and O–H groups in total. The summed E-state index contributed by atoms with van der Waals surface area (Å²) in [5.41, 5.74) is 6.89. The average molecular weight is 730 g/mol. The Balaban J connectivity index is 0.00000212. The summed E-state index contributed by atoms with van der Waals surface area (Å²) in [5.74, 6) is 0.301. The van der Waals surface area contributed by atoms with Gasteiger partial charge in [0.2, 0.25) is 0 Å². The Labute approximate surface area is 280 Å². The van der Waals surface area contributed by atoms with Gasteiger partial charge in [-0.05, 0) is 0 Å². The SMILES string of the molecule is Cl.Cl.[CH2]=[Zr]([C]1=CC(C(C)(C)C)=CC1CCC)([c]1cccc(Cl)c1)([c]1cccc(Cl)c1)[c]1cccc2c1Cc1ccccc1-2. The normalized spacial score (nSPS) is 15.9. The molecule has 0 aromatic heterocycles.